The van der Waals surface area contributed by atoms with E-state index < -0.39 is 52.2 Å². The van der Waals surface area contributed by atoms with Crippen LogP contribution in [0.2, 0.25) is 0 Å². The van der Waals surface area contributed by atoms with Gasteiger partial charge in [-0.1, -0.05) is 0 Å². The summed E-state index contributed by atoms with van der Waals surface area (Å²) in [6.07, 6.45) is -4.54. The molecule has 0 bridgehead atoms. The molecule has 0 radical (unpaired) electrons. The van der Waals surface area contributed by atoms with Crippen molar-refractivity contribution in [3.63, 3.8) is 0 Å². The minimum absolute atomic E-state index is 0.0146. The van der Waals surface area contributed by atoms with Gasteiger partial charge in [-0.25, -0.2) is 14.2 Å². The van der Waals surface area contributed by atoms with Crippen molar-refractivity contribution < 1.29 is 47.2 Å². The molecule has 0 atom stereocenters. The second kappa shape index (κ2) is 8.60. The third-order valence-electron chi connectivity index (χ3n) is 4.96. The second-order valence-electron chi connectivity index (χ2n) is 7.32. The molecule has 3 aromatic carbocycles. The number of carboxylic acids is 1. The van der Waals surface area contributed by atoms with Crippen molar-refractivity contribution in [2.75, 3.05) is 0 Å². The lowest BCUT2D eigenvalue weighted by atomic mass is 10.0. The van der Waals surface area contributed by atoms with Crippen molar-refractivity contribution in [3.05, 3.63) is 89.0 Å². The molecular weight excluding hydrogens is 474 g/mol. The number of nitrogens with zero attached hydrogens (tertiary/aromatic N) is 1. The number of phenols is 2. The van der Waals surface area contributed by atoms with Gasteiger partial charge in [-0.05, 0) is 66.0 Å². The highest BCUT2D eigenvalue weighted by atomic mass is 19.4. The number of hydrogen-bond acceptors (Lipinski definition) is 6. The summed E-state index contributed by atoms with van der Waals surface area (Å²) in [4.78, 5) is 28.3. The molecule has 1 aromatic heterocycles. The summed E-state index contributed by atoms with van der Waals surface area (Å²) >= 11 is 0. The molecule has 1 heterocycles. The average molecular weight is 487 g/mol. The highest BCUT2D eigenvalue weighted by molar-refractivity contribution is 6.16. The number of carbonyl (C=O) groups excluding carboxylic acids is 1. The molecule has 35 heavy (non-hydrogen) atoms. The highest BCUT2D eigenvalue weighted by Crippen LogP contribution is 2.34. The Balaban J connectivity index is 1.69. The highest BCUT2D eigenvalue weighted by Gasteiger charge is 2.30. The van der Waals surface area contributed by atoms with E-state index in [0.717, 1.165) is 60.7 Å². The zero-order valence-electron chi connectivity index (χ0n) is 17.3. The largest absolute Gasteiger partial charge is 0.504 e. The molecule has 0 saturated heterocycles. The van der Waals surface area contributed by atoms with Crippen LogP contribution >= 0.6 is 0 Å². The van der Waals surface area contributed by atoms with Crippen LogP contribution in [-0.4, -0.2) is 32.1 Å². The number of aromatic carboxylic acids is 1. The minimum Gasteiger partial charge on any atom is -0.504 e. The van der Waals surface area contributed by atoms with Crippen LogP contribution in [0.3, 0.4) is 0 Å². The zero-order chi connectivity index (χ0) is 25.5. The number of halogens is 4. The number of phenolic OH excluding ortho intramolecular Hbond substituents is 2. The predicted molar refractivity (Wildman–Crippen MR) is 113 cm³/mol. The van der Waals surface area contributed by atoms with E-state index in [9.17, 15) is 42.5 Å². The summed E-state index contributed by atoms with van der Waals surface area (Å²) in [6.45, 7) is 0. The number of aromatic nitrogens is 1. The molecular formula is C24H13F4NO6. The summed E-state index contributed by atoms with van der Waals surface area (Å²) < 4.78 is 58.0. The molecule has 0 unspecified atom stereocenters. The van der Waals surface area contributed by atoms with Gasteiger partial charge in [0.1, 0.15) is 17.1 Å². The number of carbonyl (C=O) groups is 2. The van der Waals surface area contributed by atoms with E-state index in [4.69, 9.17) is 4.74 Å². The molecule has 4 rings (SSSR count). The maximum absolute atomic E-state index is 14.7. The predicted octanol–water partition coefficient (Wildman–Crippen LogP) is 5.53. The number of fused-ring (bicyclic) bond motifs is 1. The summed E-state index contributed by atoms with van der Waals surface area (Å²) in [7, 11) is 0. The number of benzene rings is 3. The zero-order valence-corrected chi connectivity index (χ0v) is 17.3. The van der Waals surface area contributed by atoms with Crippen molar-refractivity contribution in [2.24, 2.45) is 0 Å². The van der Waals surface area contributed by atoms with Crippen molar-refractivity contribution in [3.8, 4) is 23.0 Å². The van der Waals surface area contributed by atoms with E-state index in [0.29, 0.717) is 0 Å². The van der Waals surface area contributed by atoms with E-state index in [2.05, 4.69) is 4.98 Å². The first-order chi connectivity index (χ1) is 16.4. The van der Waals surface area contributed by atoms with Crippen LogP contribution in [-0.2, 0) is 6.18 Å². The first kappa shape index (κ1) is 23.5. The third kappa shape index (κ3) is 4.69. The topological polar surface area (TPSA) is 117 Å². The minimum atomic E-state index is -4.54. The van der Waals surface area contributed by atoms with E-state index in [1.165, 1.54) is 0 Å². The number of hydrogen-bond donors (Lipinski definition) is 3. The Labute approximate surface area is 193 Å². The number of aromatic hydroxyl groups is 2. The number of carboxylic acid groups (broad SMARTS) is 1. The first-order valence-corrected chi connectivity index (χ1v) is 9.73. The van der Waals surface area contributed by atoms with Crippen LogP contribution in [0.4, 0.5) is 17.6 Å². The Hall–Kier alpha value is -4.67. The summed E-state index contributed by atoms with van der Waals surface area (Å²) in [5.74, 6) is -4.94. The van der Waals surface area contributed by atoms with Crippen LogP contribution in [0.5, 0.6) is 23.0 Å². The number of rotatable bonds is 5. The maximum Gasteiger partial charge on any atom is 0.416 e. The van der Waals surface area contributed by atoms with Crippen LogP contribution < -0.4 is 4.74 Å². The number of alkyl halides is 3. The summed E-state index contributed by atoms with van der Waals surface area (Å²) in [5.41, 5.74) is -2.08. The number of ketones is 1. The fourth-order valence-corrected chi connectivity index (χ4v) is 3.26. The first-order valence-electron chi connectivity index (χ1n) is 9.73. The molecule has 178 valence electrons. The molecule has 0 aliphatic heterocycles. The molecule has 0 amide bonds. The van der Waals surface area contributed by atoms with Crippen molar-refractivity contribution in [1.29, 1.82) is 0 Å². The molecule has 11 heteroatoms. The molecule has 3 N–H and O–H groups in total. The van der Waals surface area contributed by atoms with Gasteiger partial charge in [-0.15, -0.1) is 0 Å². The second-order valence-corrected chi connectivity index (χ2v) is 7.32. The van der Waals surface area contributed by atoms with E-state index >= 15 is 0 Å². The van der Waals surface area contributed by atoms with Gasteiger partial charge in [-0.3, -0.25) is 4.79 Å². The van der Waals surface area contributed by atoms with Gasteiger partial charge in [0.2, 0.25) is 5.78 Å². The average Bonchev–Trinajstić information content (AvgIpc) is 2.79. The fourth-order valence-electron chi connectivity index (χ4n) is 3.26. The standard InChI is InChI=1S/C24H13F4NO6/c25-16-7-11(1-6-20(16)35-14-4-2-13(3-5-14)24(26,27)28)22(32)21-15-10-19(31)18(30)9-12(15)8-17(29-21)23(33)34/h1-10,30-31H,(H,33,34). The van der Waals surface area contributed by atoms with Crippen LogP contribution in [0, 0.1) is 5.82 Å². The van der Waals surface area contributed by atoms with E-state index in [1.807, 2.05) is 0 Å². The Bertz CT molecular complexity index is 1480. The van der Waals surface area contributed by atoms with Crippen molar-refractivity contribution in [2.45, 2.75) is 6.18 Å². The molecule has 0 spiro atoms. The summed E-state index contributed by atoms with van der Waals surface area (Å²) in [5, 5.41) is 28.9. The normalized spacial score (nSPS) is 11.4. The van der Waals surface area contributed by atoms with Gasteiger partial charge < -0.3 is 20.1 Å². The molecule has 0 fully saturated rings. The molecule has 0 aliphatic carbocycles. The fraction of sp³-hybridized carbons (Fsp3) is 0.0417. The maximum atomic E-state index is 14.7. The van der Waals surface area contributed by atoms with Crippen LogP contribution in [0.15, 0.2) is 60.7 Å². The lowest BCUT2D eigenvalue weighted by Gasteiger charge is -2.11. The molecule has 4 aromatic rings. The Kier molecular flexibility index (Phi) is 5.77. The number of ether oxygens (including phenoxy) is 1. The monoisotopic (exact) mass is 487 g/mol. The summed E-state index contributed by atoms with van der Waals surface area (Å²) in [6, 6.07) is 9.76. The van der Waals surface area contributed by atoms with Crippen molar-refractivity contribution >= 4 is 22.5 Å². The van der Waals surface area contributed by atoms with Gasteiger partial charge in [0, 0.05) is 10.9 Å². The molecule has 0 saturated carbocycles. The molecule has 0 aliphatic rings. The number of pyridine rings is 1. The smallest absolute Gasteiger partial charge is 0.416 e. The van der Waals surface area contributed by atoms with Crippen LogP contribution in [0.25, 0.3) is 10.8 Å². The van der Waals surface area contributed by atoms with Gasteiger partial charge in [-0.2, -0.15) is 13.2 Å². The molecule has 7 nitrogen and oxygen atoms in total. The Morgan fingerprint density at radius 3 is 2.14 bits per heavy atom. The van der Waals surface area contributed by atoms with Gasteiger partial charge in [0.25, 0.3) is 0 Å². The van der Waals surface area contributed by atoms with Crippen LogP contribution in [0.1, 0.15) is 32.1 Å². The Morgan fingerprint density at radius 2 is 1.54 bits per heavy atom. The Morgan fingerprint density at radius 1 is 0.886 bits per heavy atom. The lowest BCUT2D eigenvalue weighted by Crippen LogP contribution is -2.10. The van der Waals surface area contributed by atoms with Gasteiger partial charge in [0.05, 0.1) is 5.56 Å². The van der Waals surface area contributed by atoms with Crippen molar-refractivity contribution in [1.82, 2.24) is 4.98 Å². The van der Waals surface area contributed by atoms with E-state index in [-0.39, 0.29) is 27.8 Å². The van der Waals surface area contributed by atoms with E-state index in [1.54, 1.807) is 0 Å². The SMILES string of the molecule is O=C(O)c1cc2cc(O)c(O)cc2c(C(=O)c2ccc(Oc3ccc(C(F)(F)F)cc3)c(F)c2)n1. The third-order valence-corrected chi connectivity index (χ3v) is 4.96. The quantitative estimate of drug-likeness (QED) is 0.193. The lowest BCUT2D eigenvalue weighted by molar-refractivity contribution is -0.137. The van der Waals surface area contributed by atoms with Gasteiger partial charge in [0.15, 0.2) is 23.1 Å². The van der Waals surface area contributed by atoms with Gasteiger partial charge >= 0.3 is 12.1 Å².